The van der Waals surface area contributed by atoms with E-state index in [4.69, 9.17) is 4.74 Å². The third-order valence-corrected chi connectivity index (χ3v) is 4.92. The Morgan fingerprint density at radius 1 is 1.08 bits per heavy atom. The van der Waals surface area contributed by atoms with E-state index in [9.17, 15) is 14.4 Å². The molecule has 132 valence electrons. The maximum absolute atomic E-state index is 12.0. The first-order valence-electron chi connectivity index (χ1n) is 8.06. The predicted octanol–water partition coefficient (Wildman–Crippen LogP) is 3.55. The molecule has 0 aliphatic carbocycles. The Balaban J connectivity index is 1.84. The number of thiophene rings is 1. The summed E-state index contributed by atoms with van der Waals surface area (Å²) < 4.78 is 5.00. The van der Waals surface area contributed by atoms with Crippen molar-refractivity contribution in [2.24, 2.45) is 0 Å². The van der Waals surface area contributed by atoms with E-state index in [1.165, 1.54) is 18.6 Å². The fourth-order valence-corrected chi connectivity index (χ4v) is 3.04. The molecule has 5 nitrogen and oxygen atoms in total. The summed E-state index contributed by atoms with van der Waals surface area (Å²) in [5.74, 6) is -1.08. The second-order valence-corrected chi connectivity index (χ2v) is 6.76. The molecule has 1 heterocycles. The third kappa shape index (κ3) is 5.26. The van der Waals surface area contributed by atoms with Gasteiger partial charge in [0.25, 0.3) is 5.91 Å². The summed E-state index contributed by atoms with van der Waals surface area (Å²) in [4.78, 5) is 35.9. The van der Waals surface area contributed by atoms with Crippen molar-refractivity contribution in [2.75, 3.05) is 6.61 Å². The number of carbonyl (C=O) groups is 3. The Hall–Kier alpha value is -2.47. The molecule has 0 fully saturated rings. The van der Waals surface area contributed by atoms with Crippen molar-refractivity contribution >= 4 is 29.0 Å². The molecule has 1 N–H and O–H groups in total. The zero-order chi connectivity index (χ0) is 18.4. The quantitative estimate of drug-likeness (QED) is 0.606. The van der Waals surface area contributed by atoms with Crippen LogP contribution in [0.15, 0.2) is 36.4 Å². The van der Waals surface area contributed by atoms with Crippen molar-refractivity contribution in [2.45, 2.75) is 33.2 Å². The molecular weight excluding hydrogens is 338 g/mol. The van der Waals surface area contributed by atoms with Gasteiger partial charge in [-0.05, 0) is 43.5 Å². The molecule has 2 aromatic rings. The van der Waals surface area contributed by atoms with E-state index in [1.54, 1.807) is 6.07 Å². The van der Waals surface area contributed by atoms with Crippen LogP contribution in [-0.2, 0) is 16.0 Å². The highest BCUT2D eigenvalue weighted by molar-refractivity contribution is 7.15. The highest BCUT2D eigenvalue weighted by Crippen LogP contribution is 2.18. The van der Waals surface area contributed by atoms with E-state index >= 15 is 0 Å². The van der Waals surface area contributed by atoms with Gasteiger partial charge in [0.15, 0.2) is 12.4 Å². The number of hydrogen-bond acceptors (Lipinski definition) is 5. The van der Waals surface area contributed by atoms with E-state index < -0.39 is 5.97 Å². The molecule has 1 aromatic heterocycles. The average molecular weight is 359 g/mol. The number of nitrogens with one attached hydrogen (secondary N) is 1. The minimum atomic E-state index is -0.604. The lowest BCUT2D eigenvalue weighted by Gasteiger charge is -2.14. The highest BCUT2D eigenvalue weighted by atomic mass is 32.1. The third-order valence-electron chi connectivity index (χ3n) is 3.75. The molecule has 0 saturated heterocycles. The highest BCUT2D eigenvalue weighted by Gasteiger charge is 2.15. The van der Waals surface area contributed by atoms with Gasteiger partial charge in [-0.2, -0.15) is 0 Å². The standard InChI is InChI=1S/C19H21NO4S/c1-4-14-5-7-15(8-6-14)12(2)20-18(22)11-24-19(23)17-10-9-16(25-17)13(3)21/h5-10,12H,4,11H2,1-3H3,(H,20,22). The summed E-state index contributed by atoms with van der Waals surface area (Å²) in [7, 11) is 0. The summed E-state index contributed by atoms with van der Waals surface area (Å²) in [6.45, 7) is 5.03. The lowest BCUT2D eigenvalue weighted by molar-refractivity contribution is -0.124. The molecule has 25 heavy (non-hydrogen) atoms. The SMILES string of the molecule is CCc1ccc(C(C)NC(=O)COC(=O)c2ccc(C(C)=O)s2)cc1. The average Bonchev–Trinajstić information content (AvgIpc) is 3.10. The van der Waals surface area contributed by atoms with Gasteiger partial charge in [0.1, 0.15) is 4.88 Å². The Bertz CT molecular complexity index is 764. The van der Waals surface area contributed by atoms with Gasteiger partial charge >= 0.3 is 5.97 Å². The number of aryl methyl sites for hydroxylation is 1. The van der Waals surface area contributed by atoms with Crippen LogP contribution in [0, 0.1) is 0 Å². The first kappa shape index (κ1) is 18.9. The van der Waals surface area contributed by atoms with Crippen LogP contribution < -0.4 is 5.32 Å². The van der Waals surface area contributed by atoms with Gasteiger partial charge in [0.2, 0.25) is 0 Å². The van der Waals surface area contributed by atoms with Gasteiger partial charge in [-0.15, -0.1) is 11.3 Å². The lowest BCUT2D eigenvalue weighted by atomic mass is 10.1. The maximum atomic E-state index is 12.0. The van der Waals surface area contributed by atoms with E-state index in [0.717, 1.165) is 23.3 Å². The number of benzene rings is 1. The normalized spacial score (nSPS) is 11.6. The number of amides is 1. The van der Waals surface area contributed by atoms with Crippen molar-refractivity contribution in [3.63, 3.8) is 0 Å². The predicted molar refractivity (Wildman–Crippen MR) is 97.0 cm³/mol. The number of esters is 1. The van der Waals surface area contributed by atoms with Gasteiger partial charge in [0.05, 0.1) is 10.9 Å². The van der Waals surface area contributed by atoms with Crippen LogP contribution in [0.3, 0.4) is 0 Å². The number of Topliss-reactive ketones (excluding diaryl/α,β-unsaturated/α-hetero) is 1. The number of rotatable bonds is 7. The van der Waals surface area contributed by atoms with Crippen LogP contribution in [0.5, 0.6) is 0 Å². The van der Waals surface area contributed by atoms with Crippen LogP contribution >= 0.6 is 11.3 Å². The van der Waals surface area contributed by atoms with Crippen LogP contribution in [0.2, 0.25) is 0 Å². The molecule has 0 aliphatic rings. The van der Waals surface area contributed by atoms with Gasteiger partial charge < -0.3 is 10.1 Å². The summed E-state index contributed by atoms with van der Waals surface area (Å²) in [5.41, 5.74) is 2.22. The zero-order valence-electron chi connectivity index (χ0n) is 14.5. The Kier molecular flexibility index (Phi) is 6.47. The van der Waals surface area contributed by atoms with Crippen LogP contribution in [0.1, 0.15) is 57.3 Å². The smallest absolute Gasteiger partial charge is 0.348 e. The fraction of sp³-hybridized carbons (Fsp3) is 0.316. The second-order valence-electron chi connectivity index (χ2n) is 5.68. The molecule has 0 bridgehead atoms. The van der Waals surface area contributed by atoms with Crippen molar-refractivity contribution in [3.8, 4) is 0 Å². The molecule has 1 atom stereocenters. The number of hydrogen-bond donors (Lipinski definition) is 1. The molecule has 0 radical (unpaired) electrons. The topological polar surface area (TPSA) is 72.5 Å². The van der Waals surface area contributed by atoms with Crippen molar-refractivity contribution in [1.82, 2.24) is 5.32 Å². The monoisotopic (exact) mass is 359 g/mol. The van der Waals surface area contributed by atoms with Gasteiger partial charge in [-0.25, -0.2) is 4.79 Å². The fourth-order valence-electron chi connectivity index (χ4n) is 2.25. The molecular formula is C19H21NO4S. The molecule has 1 aromatic carbocycles. The summed E-state index contributed by atoms with van der Waals surface area (Å²) in [6.07, 6.45) is 0.963. The van der Waals surface area contributed by atoms with E-state index in [2.05, 4.69) is 12.2 Å². The van der Waals surface area contributed by atoms with Crippen molar-refractivity contribution < 1.29 is 19.1 Å². The zero-order valence-corrected chi connectivity index (χ0v) is 15.3. The van der Waals surface area contributed by atoms with Crippen LogP contribution in [-0.4, -0.2) is 24.3 Å². The first-order valence-corrected chi connectivity index (χ1v) is 8.88. The molecule has 1 unspecified atom stereocenters. The number of carbonyl (C=O) groups excluding carboxylic acids is 3. The minimum absolute atomic E-state index is 0.107. The molecule has 0 aliphatic heterocycles. The Labute approximate surface area is 151 Å². The van der Waals surface area contributed by atoms with E-state index in [-0.39, 0.29) is 24.3 Å². The number of ketones is 1. The molecule has 6 heteroatoms. The first-order chi connectivity index (χ1) is 11.9. The summed E-state index contributed by atoms with van der Waals surface area (Å²) in [5, 5.41) is 2.80. The van der Waals surface area contributed by atoms with Crippen molar-refractivity contribution in [3.05, 3.63) is 57.3 Å². The molecule has 0 saturated carbocycles. The number of ether oxygens (including phenoxy) is 1. The van der Waals surface area contributed by atoms with Crippen LogP contribution in [0.4, 0.5) is 0 Å². The van der Waals surface area contributed by atoms with Gasteiger partial charge in [-0.3, -0.25) is 9.59 Å². The minimum Gasteiger partial charge on any atom is -0.451 e. The van der Waals surface area contributed by atoms with Crippen LogP contribution in [0.25, 0.3) is 0 Å². The molecule has 0 spiro atoms. The maximum Gasteiger partial charge on any atom is 0.348 e. The molecule has 1 amide bonds. The molecule has 2 rings (SSSR count). The van der Waals surface area contributed by atoms with Crippen molar-refractivity contribution in [1.29, 1.82) is 0 Å². The lowest BCUT2D eigenvalue weighted by Crippen LogP contribution is -2.31. The van der Waals surface area contributed by atoms with E-state index in [0.29, 0.717) is 9.75 Å². The van der Waals surface area contributed by atoms with Gasteiger partial charge in [-0.1, -0.05) is 31.2 Å². The summed E-state index contributed by atoms with van der Waals surface area (Å²) in [6, 6.07) is 10.9. The van der Waals surface area contributed by atoms with E-state index in [1.807, 2.05) is 31.2 Å². The summed E-state index contributed by atoms with van der Waals surface area (Å²) >= 11 is 1.06. The second kappa shape index (κ2) is 8.58. The Morgan fingerprint density at radius 3 is 2.28 bits per heavy atom. The van der Waals surface area contributed by atoms with Gasteiger partial charge in [0, 0.05) is 0 Å². The largest absolute Gasteiger partial charge is 0.451 e. The Morgan fingerprint density at radius 2 is 1.72 bits per heavy atom.